The van der Waals surface area contributed by atoms with Gasteiger partial charge in [0.1, 0.15) is 0 Å². The molecule has 0 bridgehead atoms. The van der Waals surface area contributed by atoms with Crippen molar-refractivity contribution in [2.45, 2.75) is 44.6 Å². The number of nitrogens with one attached hydrogen (secondary N) is 2. The number of allylic oxidation sites excluding steroid dienone is 3. The molecule has 2 nitrogen and oxygen atoms in total. The molecular weight excluding hydrogens is 303 g/mol. The summed E-state index contributed by atoms with van der Waals surface area (Å²) in [5.74, 6) is 1.52. The number of rotatable bonds is 3. The van der Waals surface area contributed by atoms with Crippen molar-refractivity contribution in [3.8, 4) is 0 Å². The SMILES string of the molecule is ClC1=C(Cl)CC2CCC3(CC3NCC3CCNCC3)C2=C1. The molecular formula is C17H24Cl2N2. The smallest absolute Gasteiger partial charge is 0.0551 e. The first kappa shape index (κ1) is 14.6. The number of fused-ring (bicyclic) bond motifs is 2. The van der Waals surface area contributed by atoms with Crippen molar-refractivity contribution in [2.24, 2.45) is 17.3 Å². The Hall–Kier alpha value is -0.0200. The van der Waals surface area contributed by atoms with Crippen LogP contribution < -0.4 is 10.6 Å². The Morgan fingerprint density at radius 2 is 2.05 bits per heavy atom. The summed E-state index contributed by atoms with van der Waals surface area (Å²) >= 11 is 12.5. The Labute approximate surface area is 137 Å². The number of piperidine rings is 1. The Morgan fingerprint density at radius 1 is 1.24 bits per heavy atom. The lowest BCUT2D eigenvalue weighted by atomic mass is 9.88. The number of hydrogen-bond donors (Lipinski definition) is 2. The van der Waals surface area contributed by atoms with Gasteiger partial charge in [-0.3, -0.25) is 0 Å². The molecule has 3 unspecified atom stereocenters. The molecule has 4 rings (SSSR count). The molecule has 4 aliphatic rings. The summed E-state index contributed by atoms with van der Waals surface area (Å²) in [6.07, 6.45) is 9.72. The molecule has 1 aliphatic heterocycles. The average Bonchev–Trinajstić information content (AvgIpc) is 3.11. The zero-order valence-corrected chi connectivity index (χ0v) is 13.9. The molecule has 4 heteroatoms. The molecule has 1 saturated heterocycles. The summed E-state index contributed by atoms with van der Waals surface area (Å²) in [6.45, 7) is 3.57. The highest BCUT2D eigenvalue weighted by atomic mass is 35.5. The lowest BCUT2D eigenvalue weighted by molar-refractivity contribution is 0.349. The monoisotopic (exact) mass is 326 g/mol. The molecule has 2 saturated carbocycles. The molecule has 3 fully saturated rings. The van der Waals surface area contributed by atoms with Crippen LogP contribution in [0.5, 0.6) is 0 Å². The van der Waals surface area contributed by atoms with E-state index in [2.05, 4.69) is 16.7 Å². The standard InChI is InChI=1S/C17H24Cl2N2/c18-14-7-12-1-4-17(13(12)8-15(14)19)9-16(17)21-10-11-2-5-20-6-3-11/h8,11-12,16,20-21H,1-7,9-10H2. The lowest BCUT2D eigenvalue weighted by Gasteiger charge is -2.25. The van der Waals surface area contributed by atoms with Crippen molar-refractivity contribution in [1.82, 2.24) is 10.6 Å². The summed E-state index contributed by atoms with van der Waals surface area (Å²) in [6, 6.07) is 0.685. The molecule has 0 aromatic heterocycles. The summed E-state index contributed by atoms with van der Waals surface area (Å²) in [5, 5.41) is 8.95. The van der Waals surface area contributed by atoms with E-state index in [-0.39, 0.29) is 0 Å². The van der Waals surface area contributed by atoms with Crippen LogP contribution in [0.25, 0.3) is 0 Å². The Morgan fingerprint density at radius 3 is 2.86 bits per heavy atom. The first-order valence-electron chi connectivity index (χ1n) is 8.39. The van der Waals surface area contributed by atoms with E-state index in [1.165, 1.54) is 51.7 Å². The van der Waals surface area contributed by atoms with E-state index in [0.29, 0.717) is 17.4 Å². The lowest BCUT2D eigenvalue weighted by Crippen LogP contribution is -2.35. The van der Waals surface area contributed by atoms with Gasteiger partial charge in [0, 0.05) is 16.5 Å². The highest BCUT2D eigenvalue weighted by Gasteiger charge is 2.60. The zero-order valence-electron chi connectivity index (χ0n) is 12.4. The number of hydrogen-bond acceptors (Lipinski definition) is 2. The van der Waals surface area contributed by atoms with Gasteiger partial charge >= 0.3 is 0 Å². The highest BCUT2D eigenvalue weighted by Crippen LogP contribution is 2.65. The second-order valence-electron chi connectivity index (χ2n) is 7.31. The second kappa shape index (κ2) is 5.56. The summed E-state index contributed by atoms with van der Waals surface area (Å²) in [7, 11) is 0. The van der Waals surface area contributed by atoms with Crippen LogP contribution in [0.4, 0.5) is 0 Å². The normalized spacial score (nSPS) is 39.6. The summed E-state index contributed by atoms with van der Waals surface area (Å²) < 4.78 is 0. The molecule has 1 heterocycles. The van der Waals surface area contributed by atoms with Gasteiger partial charge < -0.3 is 10.6 Å². The molecule has 3 atom stereocenters. The van der Waals surface area contributed by atoms with E-state index in [9.17, 15) is 0 Å². The minimum absolute atomic E-state index is 0.426. The maximum absolute atomic E-state index is 6.28. The fourth-order valence-electron chi connectivity index (χ4n) is 4.70. The first-order valence-corrected chi connectivity index (χ1v) is 9.15. The van der Waals surface area contributed by atoms with Crippen LogP contribution in [0.2, 0.25) is 0 Å². The van der Waals surface area contributed by atoms with Crippen LogP contribution >= 0.6 is 23.2 Å². The maximum atomic E-state index is 6.28. The van der Waals surface area contributed by atoms with Gasteiger partial charge in [0.2, 0.25) is 0 Å². The van der Waals surface area contributed by atoms with Crippen LogP contribution in [0.15, 0.2) is 21.7 Å². The fraction of sp³-hybridized carbons (Fsp3) is 0.765. The van der Waals surface area contributed by atoms with Crippen LogP contribution in [0.1, 0.15) is 38.5 Å². The van der Waals surface area contributed by atoms with Crippen LogP contribution in [0.3, 0.4) is 0 Å². The van der Waals surface area contributed by atoms with Gasteiger partial charge in [-0.25, -0.2) is 0 Å². The molecule has 1 spiro atoms. The van der Waals surface area contributed by atoms with Crippen LogP contribution in [-0.4, -0.2) is 25.7 Å². The van der Waals surface area contributed by atoms with E-state index in [0.717, 1.165) is 22.4 Å². The summed E-state index contributed by atoms with van der Waals surface area (Å²) in [5.41, 5.74) is 2.02. The van der Waals surface area contributed by atoms with Gasteiger partial charge in [-0.15, -0.1) is 0 Å². The molecule has 0 amide bonds. The molecule has 21 heavy (non-hydrogen) atoms. The van der Waals surface area contributed by atoms with E-state index in [1.807, 2.05) is 0 Å². The van der Waals surface area contributed by atoms with E-state index >= 15 is 0 Å². The highest BCUT2D eigenvalue weighted by molar-refractivity contribution is 6.40. The molecule has 3 aliphatic carbocycles. The Kier molecular flexibility index (Phi) is 3.86. The number of halogens is 2. The van der Waals surface area contributed by atoms with Crippen molar-refractivity contribution in [1.29, 1.82) is 0 Å². The van der Waals surface area contributed by atoms with E-state index in [1.54, 1.807) is 5.57 Å². The van der Waals surface area contributed by atoms with Crippen molar-refractivity contribution in [3.05, 3.63) is 21.7 Å². The fourth-order valence-corrected chi connectivity index (χ4v) is 5.14. The maximum Gasteiger partial charge on any atom is 0.0551 e. The van der Waals surface area contributed by atoms with Crippen molar-refractivity contribution >= 4 is 23.2 Å². The van der Waals surface area contributed by atoms with Gasteiger partial charge in [0.25, 0.3) is 0 Å². The van der Waals surface area contributed by atoms with Crippen molar-refractivity contribution < 1.29 is 0 Å². The Bertz CT molecular complexity index is 493. The third kappa shape index (κ3) is 2.59. The molecule has 0 radical (unpaired) electrons. The molecule has 2 N–H and O–H groups in total. The predicted octanol–water partition coefficient (Wildman–Crippen LogP) is 3.76. The van der Waals surface area contributed by atoms with Gasteiger partial charge in [-0.2, -0.15) is 0 Å². The van der Waals surface area contributed by atoms with Crippen molar-refractivity contribution in [3.63, 3.8) is 0 Å². The van der Waals surface area contributed by atoms with Gasteiger partial charge in [0.05, 0.1) is 5.03 Å². The quantitative estimate of drug-likeness (QED) is 0.825. The third-order valence-electron chi connectivity index (χ3n) is 6.11. The summed E-state index contributed by atoms with van der Waals surface area (Å²) in [4.78, 5) is 0. The largest absolute Gasteiger partial charge is 0.317 e. The van der Waals surface area contributed by atoms with Crippen molar-refractivity contribution in [2.75, 3.05) is 19.6 Å². The van der Waals surface area contributed by atoms with Gasteiger partial charge in [0.15, 0.2) is 0 Å². The van der Waals surface area contributed by atoms with E-state index < -0.39 is 0 Å². The first-order chi connectivity index (χ1) is 10.2. The molecule has 116 valence electrons. The second-order valence-corrected chi connectivity index (χ2v) is 8.17. The average molecular weight is 327 g/mol. The minimum atomic E-state index is 0.426. The third-order valence-corrected chi connectivity index (χ3v) is 6.90. The topological polar surface area (TPSA) is 24.1 Å². The zero-order chi connectivity index (χ0) is 14.4. The Balaban J connectivity index is 1.40. The minimum Gasteiger partial charge on any atom is -0.317 e. The van der Waals surface area contributed by atoms with Gasteiger partial charge in [-0.1, -0.05) is 28.8 Å². The van der Waals surface area contributed by atoms with Crippen LogP contribution in [-0.2, 0) is 0 Å². The predicted molar refractivity (Wildman–Crippen MR) is 88.6 cm³/mol. The molecule has 0 aromatic carbocycles. The van der Waals surface area contributed by atoms with Gasteiger partial charge in [-0.05, 0) is 76.1 Å². The van der Waals surface area contributed by atoms with E-state index in [4.69, 9.17) is 23.2 Å². The van der Waals surface area contributed by atoms with Crippen LogP contribution in [0, 0.1) is 17.3 Å². The molecule has 0 aromatic rings.